The molecule has 2 N–H and O–H groups in total. The Labute approximate surface area is 107 Å². The first-order valence-electron chi connectivity index (χ1n) is 7.42. The van der Waals surface area contributed by atoms with Crippen molar-refractivity contribution in [2.75, 3.05) is 6.61 Å². The fourth-order valence-corrected chi connectivity index (χ4v) is 2.06. The molecule has 0 aromatic carbocycles. The van der Waals surface area contributed by atoms with Crippen LogP contribution in [0.5, 0.6) is 0 Å². The second kappa shape index (κ2) is 15.9. The van der Waals surface area contributed by atoms with Gasteiger partial charge in [-0.1, -0.05) is 83.2 Å². The van der Waals surface area contributed by atoms with Crippen LogP contribution in [0.3, 0.4) is 0 Å². The predicted molar refractivity (Wildman–Crippen MR) is 72.0 cm³/mol. The second-order valence-electron chi connectivity index (χ2n) is 4.83. The van der Waals surface area contributed by atoms with E-state index in [1.165, 1.54) is 70.6 Å². The third-order valence-corrected chi connectivity index (χ3v) is 3.16. The number of hydrogen-bond donors (Lipinski definition) is 2. The van der Waals surface area contributed by atoms with Crippen molar-refractivity contribution < 1.29 is 10.0 Å². The Kier molecular flexibility index (Phi) is 15.8. The molecule has 0 amide bonds. The van der Waals surface area contributed by atoms with E-state index in [0.29, 0.717) is 6.61 Å². The van der Waals surface area contributed by atoms with Gasteiger partial charge in [0.15, 0.2) is 0 Å². The lowest BCUT2D eigenvalue weighted by molar-refractivity contribution is -0.127. The van der Waals surface area contributed by atoms with Gasteiger partial charge in [0.1, 0.15) is 0 Å². The van der Waals surface area contributed by atoms with Crippen LogP contribution >= 0.6 is 0 Å². The van der Waals surface area contributed by atoms with Gasteiger partial charge in [0.25, 0.3) is 0 Å². The fourth-order valence-electron chi connectivity index (χ4n) is 2.06. The smallest absolute Gasteiger partial charge is 0.0709 e. The molecule has 0 saturated carbocycles. The van der Waals surface area contributed by atoms with Crippen LogP contribution in [-0.2, 0) is 4.84 Å². The highest BCUT2D eigenvalue weighted by Crippen LogP contribution is 2.11. The van der Waals surface area contributed by atoms with Gasteiger partial charge >= 0.3 is 0 Å². The Morgan fingerprint density at radius 3 is 1.53 bits per heavy atom. The van der Waals surface area contributed by atoms with Crippen LogP contribution < -0.4 is 5.64 Å². The van der Waals surface area contributed by atoms with Crippen molar-refractivity contribution in [1.29, 1.82) is 0 Å². The summed E-state index contributed by atoms with van der Waals surface area (Å²) >= 11 is 0. The van der Waals surface area contributed by atoms with E-state index in [0.717, 1.165) is 6.42 Å². The summed E-state index contributed by atoms with van der Waals surface area (Å²) in [6.45, 7) is 2.87. The molecule has 0 saturated heterocycles. The van der Waals surface area contributed by atoms with Crippen molar-refractivity contribution >= 4 is 0 Å². The molecular formula is C14H31NO2. The van der Waals surface area contributed by atoms with Gasteiger partial charge in [-0.2, -0.15) is 0 Å². The zero-order chi connectivity index (χ0) is 12.6. The summed E-state index contributed by atoms with van der Waals surface area (Å²) in [5, 5.41) is 8.17. The summed E-state index contributed by atoms with van der Waals surface area (Å²) < 4.78 is 0. The van der Waals surface area contributed by atoms with Crippen LogP contribution in [0.1, 0.15) is 84.0 Å². The summed E-state index contributed by atoms with van der Waals surface area (Å²) in [7, 11) is 0. The number of unbranched alkanes of at least 4 members (excludes halogenated alkanes) is 11. The van der Waals surface area contributed by atoms with Gasteiger partial charge in [-0.15, -0.1) is 0 Å². The molecule has 0 atom stereocenters. The zero-order valence-corrected chi connectivity index (χ0v) is 11.5. The highest BCUT2D eigenvalue weighted by molar-refractivity contribution is 4.48. The van der Waals surface area contributed by atoms with Crippen LogP contribution in [-0.4, -0.2) is 11.8 Å². The fraction of sp³-hybridized carbons (Fsp3) is 1.00. The van der Waals surface area contributed by atoms with Gasteiger partial charge in [0, 0.05) is 0 Å². The van der Waals surface area contributed by atoms with Crippen LogP contribution in [0.15, 0.2) is 0 Å². The molecule has 0 aliphatic heterocycles. The van der Waals surface area contributed by atoms with Crippen molar-refractivity contribution in [2.24, 2.45) is 0 Å². The molecule has 0 aromatic rings. The number of rotatable bonds is 14. The van der Waals surface area contributed by atoms with Crippen LogP contribution in [0, 0.1) is 0 Å². The highest BCUT2D eigenvalue weighted by Gasteiger charge is 1.93. The van der Waals surface area contributed by atoms with E-state index in [-0.39, 0.29) is 0 Å². The molecule has 0 fully saturated rings. The van der Waals surface area contributed by atoms with Crippen molar-refractivity contribution in [3.63, 3.8) is 0 Å². The van der Waals surface area contributed by atoms with Gasteiger partial charge in [0.2, 0.25) is 0 Å². The first-order valence-corrected chi connectivity index (χ1v) is 7.42. The maximum atomic E-state index is 8.17. The molecule has 0 unspecified atom stereocenters. The Bertz CT molecular complexity index is 117. The van der Waals surface area contributed by atoms with Crippen LogP contribution in [0.4, 0.5) is 0 Å². The molecule has 0 bridgehead atoms. The molecule has 3 nitrogen and oxygen atoms in total. The number of nitrogens with one attached hydrogen (secondary N) is 1. The monoisotopic (exact) mass is 245 g/mol. The van der Waals surface area contributed by atoms with E-state index in [1.807, 2.05) is 0 Å². The van der Waals surface area contributed by atoms with Gasteiger partial charge in [-0.05, 0) is 6.42 Å². The van der Waals surface area contributed by atoms with Gasteiger partial charge in [0.05, 0.1) is 6.61 Å². The first-order chi connectivity index (χ1) is 8.41. The van der Waals surface area contributed by atoms with E-state index >= 15 is 0 Å². The topological polar surface area (TPSA) is 41.5 Å². The van der Waals surface area contributed by atoms with Crippen molar-refractivity contribution in [3.8, 4) is 0 Å². The molecule has 3 heteroatoms. The minimum Gasteiger partial charge on any atom is -0.292 e. The van der Waals surface area contributed by atoms with Crippen molar-refractivity contribution in [2.45, 2.75) is 84.0 Å². The summed E-state index contributed by atoms with van der Waals surface area (Å²) in [5.41, 5.74) is 1.71. The van der Waals surface area contributed by atoms with Gasteiger partial charge in [-0.3, -0.25) is 10.0 Å². The molecule has 0 heterocycles. The normalized spacial score (nSPS) is 10.9. The largest absolute Gasteiger partial charge is 0.292 e. The molecule has 0 rings (SSSR count). The molecule has 0 spiro atoms. The van der Waals surface area contributed by atoms with Crippen molar-refractivity contribution in [1.82, 2.24) is 5.64 Å². The average molecular weight is 245 g/mol. The number of hydrogen-bond acceptors (Lipinski definition) is 3. The summed E-state index contributed by atoms with van der Waals surface area (Å²) in [5.74, 6) is 0. The molecule has 0 aliphatic carbocycles. The van der Waals surface area contributed by atoms with Crippen LogP contribution in [0.2, 0.25) is 0 Å². The van der Waals surface area contributed by atoms with E-state index in [4.69, 9.17) is 5.21 Å². The van der Waals surface area contributed by atoms with E-state index in [1.54, 1.807) is 5.64 Å². The highest BCUT2D eigenvalue weighted by atomic mass is 16.8. The summed E-state index contributed by atoms with van der Waals surface area (Å²) in [6.07, 6.45) is 16.1. The van der Waals surface area contributed by atoms with E-state index in [9.17, 15) is 0 Å². The maximum absolute atomic E-state index is 8.17. The van der Waals surface area contributed by atoms with E-state index < -0.39 is 0 Å². The molecule has 104 valence electrons. The lowest BCUT2D eigenvalue weighted by Gasteiger charge is -2.02. The third kappa shape index (κ3) is 15.9. The molecule has 0 aliphatic rings. The lowest BCUT2D eigenvalue weighted by Crippen LogP contribution is -2.08. The standard InChI is InChI=1S/C14H31NO2/c1-2-3-4-5-6-7-8-9-10-11-12-13-14-17-15-16/h15-16H,2-14H2,1H3. The SMILES string of the molecule is CCCCCCCCCCCCCCONO. The van der Waals surface area contributed by atoms with Gasteiger partial charge in [-0.25, -0.2) is 0 Å². The predicted octanol–water partition coefficient (Wildman–Crippen LogP) is 4.60. The first kappa shape index (κ1) is 16.9. The molecule has 0 radical (unpaired) electrons. The maximum Gasteiger partial charge on any atom is 0.0709 e. The average Bonchev–Trinajstić information content (AvgIpc) is 2.35. The minimum absolute atomic E-state index is 0.605. The molecule has 17 heavy (non-hydrogen) atoms. The van der Waals surface area contributed by atoms with E-state index in [2.05, 4.69) is 11.8 Å². The quantitative estimate of drug-likeness (QED) is 0.347. The summed E-state index contributed by atoms with van der Waals surface area (Å²) in [6, 6.07) is 0. The molecular weight excluding hydrogens is 214 g/mol. The molecule has 0 aromatic heterocycles. The lowest BCUT2D eigenvalue weighted by atomic mass is 10.1. The Morgan fingerprint density at radius 2 is 1.12 bits per heavy atom. The Hall–Kier alpha value is -0.120. The van der Waals surface area contributed by atoms with Crippen LogP contribution in [0.25, 0.3) is 0 Å². The zero-order valence-electron chi connectivity index (χ0n) is 11.5. The summed E-state index contributed by atoms with van der Waals surface area (Å²) in [4.78, 5) is 4.63. The third-order valence-electron chi connectivity index (χ3n) is 3.16. The van der Waals surface area contributed by atoms with Crippen molar-refractivity contribution in [3.05, 3.63) is 0 Å². The Balaban J connectivity index is 2.85. The van der Waals surface area contributed by atoms with Gasteiger partial charge < -0.3 is 0 Å². The Morgan fingerprint density at radius 1 is 0.706 bits per heavy atom. The second-order valence-corrected chi connectivity index (χ2v) is 4.83. The minimum atomic E-state index is 0.605.